The van der Waals surface area contributed by atoms with Crippen LogP contribution in [-0.4, -0.2) is 41.1 Å². The summed E-state index contributed by atoms with van der Waals surface area (Å²) in [7, 11) is 3.04. The number of amides is 1. The van der Waals surface area contributed by atoms with E-state index in [2.05, 4.69) is 20.6 Å². The molecule has 180 valence electrons. The minimum Gasteiger partial charge on any atom is -0.497 e. The smallest absolute Gasteiger partial charge is 0.292 e. The number of nitrogens with one attached hydrogen (secondary N) is 2. The van der Waals surface area contributed by atoms with Crippen molar-refractivity contribution in [3.63, 3.8) is 0 Å². The van der Waals surface area contributed by atoms with E-state index in [1.807, 2.05) is 6.07 Å². The predicted molar refractivity (Wildman–Crippen MR) is 132 cm³/mol. The van der Waals surface area contributed by atoms with E-state index in [-0.39, 0.29) is 22.4 Å². The van der Waals surface area contributed by atoms with Gasteiger partial charge in [-0.15, -0.1) is 0 Å². The van der Waals surface area contributed by atoms with Crippen LogP contribution in [-0.2, 0) is 0 Å². The van der Waals surface area contributed by atoms with E-state index < -0.39 is 17.0 Å². The molecule has 2 aromatic heterocycles. The summed E-state index contributed by atoms with van der Waals surface area (Å²) >= 11 is 0. The fourth-order valence-electron chi connectivity index (χ4n) is 3.49. The fraction of sp³-hybridized carbons (Fsp3) is 0.120. The molecule has 11 heteroatoms. The first-order chi connectivity index (χ1) is 17.4. The number of carbonyl (C=O) groups is 1. The minimum absolute atomic E-state index is 0.107. The molecule has 0 unspecified atom stereocenters. The maximum Gasteiger partial charge on any atom is 0.292 e. The summed E-state index contributed by atoms with van der Waals surface area (Å²) in [6.45, 7) is 1.45. The number of nitrogens with zero attached hydrogens (tertiary/aromatic N) is 4. The fourth-order valence-corrected chi connectivity index (χ4v) is 3.49. The molecule has 0 saturated carbocycles. The van der Waals surface area contributed by atoms with Crippen molar-refractivity contribution in [2.45, 2.75) is 6.92 Å². The van der Waals surface area contributed by atoms with Gasteiger partial charge in [-0.1, -0.05) is 0 Å². The molecule has 2 N–H and O–H groups in total. The molecule has 0 spiro atoms. The molecule has 0 aliphatic rings. The zero-order chi connectivity index (χ0) is 25.8. The third-order valence-corrected chi connectivity index (χ3v) is 5.43. The van der Waals surface area contributed by atoms with E-state index in [1.54, 1.807) is 48.5 Å². The van der Waals surface area contributed by atoms with Gasteiger partial charge in [0.2, 0.25) is 0 Å². The lowest BCUT2D eigenvalue weighted by Gasteiger charge is -2.11. The van der Waals surface area contributed by atoms with Crippen LogP contribution in [0.2, 0.25) is 0 Å². The molecular formula is C25H20N6O5. The van der Waals surface area contributed by atoms with Crippen LogP contribution in [0.3, 0.4) is 0 Å². The monoisotopic (exact) mass is 484 g/mol. The second-order valence-electron chi connectivity index (χ2n) is 7.58. The quantitative estimate of drug-likeness (QED) is 0.314. The molecule has 36 heavy (non-hydrogen) atoms. The highest BCUT2D eigenvalue weighted by Crippen LogP contribution is 2.18. The number of aromatic amines is 1. The Morgan fingerprint density at radius 2 is 1.81 bits per heavy atom. The molecule has 1 amide bonds. The third kappa shape index (κ3) is 4.55. The maximum atomic E-state index is 12.9. The Morgan fingerprint density at radius 1 is 1.11 bits per heavy atom. The summed E-state index contributed by atoms with van der Waals surface area (Å²) in [6, 6.07) is 15.0. The van der Waals surface area contributed by atoms with Gasteiger partial charge in [-0.25, -0.2) is 5.43 Å². The van der Waals surface area contributed by atoms with E-state index in [4.69, 9.17) is 9.47 Å². The van der Waals surface area contributed by atoms with Crippen LogP contribution >= 0.6 is 0 Å². The summed E-state index contributed by atoms with van der Waals surface area (Å²) < 4.78 is 11.3. The SMILES string of the molecule is COc1ccc(-n2nc(C(=O)N/N=C/c3cc4cc(OC)ccc4[nH]c3=O)c(C)c(C#N)c2=O)cc1. The Morgan fingerprint density at radius 3 is 2.47 bits per heavy atom. The van der Waals surface area contributed by atoms with Crippen molar-refractivity contribution in [1.29, 1.82) is 5.26 Å². The van der Waals surface area contributed by atoms with Crippen LogP contribution in [0.15, 0.2) is 63.2 Å². The topological polar surface area (TPSA) is 151 Å². The molecular weight excluding hydrogens is 464 g/mol. The van der Waals surface area contributed by atoms with Crippen molar-refractivity contribution in [1.82, 2.24) is 20.2 Å². The van der Waals surface area contributed by atoms with E-state index in [1.165, 1.54) is 27.4 Å². The van der Waals surface area contributed by atoms with Gasteiger partial charge in [-0.05, 0) is 55.5 Å². The van der Waals surface area contributed by atoms with Crippen LogP contribution in [0, 0.1) is 18.3 Å². The van der Waals surface area contributed by atoms with Crippen LogP contribution in [0.4, 0.5) is 0 Å². The number of ether oxygens (including phenoxy) is 2. The predicted octanol–water partition coefficient (Wildman–Crippen LogP) is 2.04. The standard InChI is InChI=1S/C25H20N6O5/c1-14-20(12-26)25(34)31(17-4-6-18(35-2)7-5-17)30-22(14)24(33)29-27-13-16-10-15-11-19(36-3)8-9-21(15)28-23(16)32/h4-11,13H,1-3H3,(H,28,32)(H,29,33)/b27-13+. The second kappa shape index (κ2) is 9.94. The number of methoxy groups -OCH3 is 2. The van der Waals surface area contributed by atoms with Crippen LogP contribution < -0.4 is 26.0 Å². The Kier molecular flexibility index (Phi) is 6.60. The lowest BCUT2D eigenvalue weighted by atomic mass is 10.1. The van der Waals surface area contributed by atoms with Crippen molar-refractivity contribution in [3.8, 4) is 23.3 Å². The van der Waals surface area contributed by atoms with Gasteiger partial charge in [0.1, 0.15) is 23.1 Å². The van der Waals surface area contributed by atoms with E-state index in [0.29, 0.717) is 28.1 Å². The second-order valence-corrected chi connectivity index (χ2v) is 7.58. The number of hydrogen-bond acceptors (Lipinski definition) is 8. The number of fused-ring (bicyclic) bond motifs is 1. The Labute approximate surface area is 204 Å². The number of benzene rings is 2. The van der Waals surface area contributed by atoms with Crippen molar-refractivity contribution in [2.24, 2.45) is 5.10 Å². The van der Waals surface area contributed by atoms with Gasteiger partial charge in [-0.2, -0.15) is 20.1 Å². The minimum atomic E-state index is -0.763. The zero-order valence-corrected chi connectivity index (χ0v) is 19.5. The Bertz CT molecular complexity index is 1660. The molecule has 2 aromatic carbocycles. The molecule has 0 atom stereocenters. The number of carbonyl (C=O) groups excluding carboxylic acids is 1. The van der Waals surface area contributed by atoms with E-state index >= 15 is 0 Å². The van der Waals surface area contributed by atoms with Crippen molar-refractivity contribution >= 4 is 23.0 Å². The van der Waals surface area contributed by atoms with Gasteiger partial charge in [0, 0.05) is 16.5 Å². The summed E-state index contributed by atoms with van der Waals surface area (Å²) in [4.78, 5) is 40.7. The molecule has 0 bridgehead atoms. The number of pyridine rings is 1. The molecule has 0 aliphatic heterocycles. The molecule has 2 heterocycles. The van der Waals surface area contributed by atoms with Crippen molar-refractivity contribution < 1.29 is 14.3 Å². The highest BCUT2D eigenvalue weighted by Gasteiger charge is 2.20. The number of rotatable bonds is 6. The summed E-state index contributed by atoms with van der Waals surface area (Å²) in [6.07, 6.45) is 1.19. The number of H-pyrrole nitrogens is 1. The number of aromatic nitrogens is 3. The van der Waals surface area contributed by atoms with Gasteiger partial charge < -0.3 is 14.5 Å². The van der Waals surface area contributed by atoms with Crippen molar-refractivity contribution in [2.75, 3.05) is 14.2 Å². The molecule has 0 aliphatic carbocycles. The van der Waals surface area contributed by atoms with Crippen molar-refractivity contribution in [3.05, 3.63) is 91.6 Å². The average molecular weight is 484 g/mol. The number of nitriles is 1. The molecule has 0 saturated heterocycles. The molecule has 0 radical (unpaired) electrons. The van der Waals surface area contributed by atoms with Crippen LogP contribution in [0.25, 0.3) is 16.6 Å². The van der Waals surface area contributed by atoms with Gasteiger partial charge in [0.05, 0.1) is 31.7 Å². The highest BCUT2D eigenvalue weighted by atomic mass is 16.5. The van der Waals surface area contributed by atoms with Gasteiger partial charge >= 0.3 is 0 Å². The normalized spacial score (nSPS) is 10.8. The Hall–Kier alpha value is -5.24. The van der Waals surface area contributed by atoms with E-state index in [0.717, 1.165) is 4.68 Å². The molecule has 0 fully saturated rings. The van der Waals surface area contributed by atoms with E-state index in [9.17, 15) is 19.6 Å². The lowest BCUT2D eigenvalue weighted by Crippen LogP contribution is -2.31. The maximum absolute atomic E-state index is 12.9. The van der Waals surface area contributed by atoms with Gasteiger partial charge in [0.25, 0.3) is 17.0 Å². The zero-order valence-electron chi connectivity index (χ0n) is 19.5. The molecule has 11 nitrogen and oxygen atoms in total. The summed E-state index contributed by atoms with van der Waals surface area (Å²) in [5.41, 5.74) is 2.09. The Balaban J connectivity index is 1.66. The molecule has 4 rings (SSSR count). The lowest BCUT2D eigenvalue weighted by molar-refractivity contribution is 0.0947. The van der Waals surface area contributed by atoms with Crippen LogP contribution in [0.1, 0.15) is 27.2 Å². The first-order valence-corrected chi connectivity index (χ1v) is 10.6. The first kappa shape index (κ1) is 23.9. The molecule has 4 aromatic rings. The summed E-state index contributed by atoms with van der Waals surface area (Å²) in [5, 5.41) is 18.3. The third-order valence-electron chi connectivity index (χ3n) is 5.43. The number of hydrogen-bond donors (Lipinski definition) is 2. The number of hydrazone groups is 1. The average Bonchev–Trinajstić information content (AvgIpc) is 2.89. The van der Waals surface area contributed by atoms with Gasteiger partial charge in [0.15, 0.2) is 5.69 Å². The van der Waals surface area contributed by atoms with Crippen LogP contribution in [0.5, 0.6) is 11.5 Å². The highest BCUT2D eigenvalue weighted by molar-refractivity contribution is 5.95. The first-order valence-electron chi connectivity index (χ1n) is 10.6. The van der Waals surface area contributed by atoms with Gasteiger partial charge in [-0.3, -0.25) is 14.4 Å². The largest absolute Gasteiger partial charge is 0.497 e. The summed E-state index contributed by atoms with van der Waals surface area (Å²) in [5.74, 6) is 0.419.